The van der Waals surface area contributed by atoms with Gasteiger partial charge in [0.15, 0.2) is 0 Å². The van der Waals surface area contributed by atoms with Gasteiger partial charge in [-0.05, 0) is 61.9 Å². The van der Waals surface area contributed by atoms with Crippen LogP contribution < -0.4 is 5.73 Å². The lowest BCUT2D eigenvalue weighted by Gasteiger charge is -2.56. The summed E-state index contributed by atoms with van der Waals surface area (Å²) in [4.78, 5) is 4.27. The van der Waals surface area contributed by atoms with Crippen LogP contribution in [0.3, 0.4) is 0 Å². The van der Waals surface area contributed by atoms with E-state index in [4.69, 9.17) is 5.73 Å². The Morgan fingerprint density at radius 3 is 2.88 bits per heavy atom. The van der Waals surface area contributed by atoms with Gasteiger partial charge in [-0.2, -0.15) is 0 Å². The maximum absolute atomic E-state index is 6.28. The molecular formula is C22H29N3. The number of nitrogens with two attached hydrogens (primary N) is 1. The van der Waals surface area contributed by atoms with Crippen LogP contribution in [0.2, 0.25) is 0 Å². The summed E-state index contributed by atoms with van der Waals surface area (Å²) < 4.78 is 2.22. The number of allylic oxidation sites excluding steroid dienone is 5. The molecule has 5 rings (SSSR count). The smallest absolute Gasteiger partial charge is 0.0989 e. The van der Waals surface area contributed by atoms with Crippen LogP contribution in [0.15, 0.2) is 48.1 Å². The Morgan fingerprint density at radius 2 is 2.08 bits per heavy atom. The summed E-state index contributed by atoms with van der Waals surface area (Å²) in [5.41, 5.74) is 11.6. The molecule has 4 aliphatic rings. The molecule has 2 saturated carbocycles. The minimum absolute atomic E-state index is 0.175. The van der Waals surface area contributed by atoms with Crippen LogP contribution in [0.25, 0.3) is 5.70 Å². The molecule has 0 aliphatic heterocycles. The Morgan fingerprint density at radius 1 is 1.20 bits per heavy atom. The minimum atomic E-state index is 0.175. The van der Waals surface area contributed by atoms with Crippen molar-refractivity contribution in [2.24, 2.45) is 28.4 Å². The van der Waals surface area contributed by atoms with Crippen molar-refractivity contribution in [1.29, 1.82) is 0 Å². The predicted octanol–water partition coefficient (Wildman–Crippen LogP) is 4.54. The van der Waals surface area contributed by atoms with Gasteiger partial charge in [-0.25, -0.2) is 4.98 Å². The largest absolute Gasteiger partial charge is 0.327 e. The van der Waals surface area contributed by atoms with Crippen LogP contribution in [0, 0.1) is 22.7 Å². The zero-order valence-electron chi connectivity index (χ0n) is 15.4. The number of nitrogens with zero attached hydrogens (tertiary/aromatic N) is 2. The van der Waals surface area contributed by atoms with E-state index in [1.54, 1.807) is 11.1 Å². The SMILES string of the molecule is CC12CC[C@H]3C(CC=C4C[C@H](N)CCC43C)C1=CC=C2n1ccnc1. The summed E-state index contributed by atoms with van der Waals surface area (Å²) in [5.74, 6) is 1.48. The second-order valence-electron chi connectivity index (χ2n) is 9.11. The fourth-order valence-electron chi connectivity index (χ4n) is 6.45. The van der Waals surface area contributed by atoms with Gasteiger partial charge in [-0.1, -0.05) is 37.1 Å². The molecule has 1 aromatic rings. The van der Waals surface area contributed by atoms with E-state index in [1.165, 1.54) is 37.8 Å². The fourth-order valence-corrected chi connectivity index (χ4v) is 6.45. The summed E-state index contributed by atoms with van der Waals surface area (Å²) >= 11 is 0. The van der Waals surface area contributed by atoms with Crippen molar-refractivity contribution >= 4 is 5.70 Å². The van der Waals surface area contributed by atoms with Gasteiger partial charge in [0.2, 0.25) is 0 Å². The lowest BCUT2D eigenvalue weighted by molar-refractivity contribution is 0.0730. The van der Waals surface area contributed by atoms with Crippen molar-refractivity contribution in [1.82, 2.24) is 9.55 Å². The van der Waals surface area contributed by atoms with E-state index in [0.717, 1.165) is 12.3 Å². The highest BCUT2D eigenvalue weighted by Crippen LogP contribution is 2.64. The molecule has 25 heavy (non-hydrogen) atoms. The number of hydrogen-bond acceptors (Lipinski definition) is 2. The number of fused-ring (bicyclic) bond motifs is 5. The summed E-state index contributed by atoms with van der Waals surface area (Å²) in [6, 6.07) is 0.380. The molecule has 2 fully saturated rings. The van der Waals surface area contributed by atoms with Crippen molar-refractivity contribution in [2.45, 2.75) is 58.4 Å². The average molecular weight is 335 g/mol. The minimum Gasteiger partial charge on any atom is -0.327 e. The molecule has 1 heterocycles. The molecule has 0 radical (unpaired) electrons. The highest BCUT2D eigenvalue weighted by molar-refractivity contribution is 5.66. The molecule has 0 spiro atoms. The summed E-state index contributed by atoms with van der Waals surface area (Å²) in [6.07, 6.45) is 20.6. The highest BCUT2D eigenvalue weighted by atomic mass is 15.0. The van der Waals surface area contributed by atoms with Gasteiger partial charge in [0.05, 0.1) is 6.33 Å². The van der Waals surface area contributed by atoms with Gasteiger partial charge in [0.25, 0.3) is 0 Å². The van der Waals surface area contributed by atoms with Gasteiger partial charge in [-0.3, -0.25) is 0 Å². The molecule has 0 saturated heterocycles. The topological polar surface area (TPSA) is 43.8 Å². The lowest BCUT2D eigenvalue weighted by atomic mass is 9.49. The number of imidazole rings is 1. The molecule has 3 heteroatoms. The van der Waals surface area contributed by atoms with Crippen molar-refractivity contribution in [3.8, 4) is 0 Å². The van der Waals surface area contributed by atoms with E-state index in [9.17, 15) is 0 Å². The third-order valence-electron chi connectivity index (χ3n) is 7.93. The Bertz CT molecular complexity index is 784. The van der Waals surface area contributed by atoms with Crippen LogP contribution in [0.1, 0.15) is 52.4 Å². The van der Waals surface area contributed by atoms with Gasteiger partial charge < -0.3 is 10.3 Å². The van der Waals surface area contributed by atoms with E-state index in [2.05, 4.69) is 47.8 Å². The summed E-state index contributed by atoms with van der Waals surface area (Å²) in [6.45, 7) is 4.98. The maximum atomic E-state index is 6.28. The summed E-state index contributed by atoms with van der Waals surface area (Å²) in [5, 5.41) is 0. The average Bonchev–Trinajstić information content (AvgIpc) is 3.22. The summed E-state index contributed by atoms with van der Waals surface area (Å²) in [7, 11) is 0. The van der Waals surface area contributed by atoms with Crippen molar-refractivity contribution in [3.05, 3.63) is 48.1 Å². The highest BCUT2D eigenvalue weighted by Gasteiger charge is 2.54. The quantitative estimate of drug-likeness (QED) is 0.766. The number of rotatable bonds is 1. The van der Waals surface area contributed by atoms with Crippen molar-refractivity contribution in [2.75, 3.05) is 0 Å². The Hall–Kier alpha value is -1.61. The standard InChI is InChI=1S/C22H29N3/c1-21-9-7-16(23)13-15(21)3-4-17-18-5-6-20(25-12-11-24-14-25)22(18,2)10-8-19(17)21/h3,5-6,11-12,14,16-17,19H,4,7-10,13,23H2,1-2H3/t16-,17?,19+,21?,22?/m1/s1. The molecule has 4 aliphatic carbocycles. The van der Waals surface area contributed by atoms with Crippen LogP contribution >= 0.6 is 0 Å². The van der Waals surface area contributed by atoms with Crippen molar-refractivity contribution in [3.63, 3.8) is 0 Å². The van der Waals surface area contributed by atoms with Crippen LogP contribution in [-0.2, 0) is 0 Å². The number of hydrogen-bond donors (Lipinski definition) is 1. The molecule has 0 aromatic carbocycles. The molecule has 0 bridgehead atoms. The normalized spacial score (nSPS) is 42.7. The first-order valence-electron chi connectivity index (χ1n) is 9.89. The van der Waals surface area contributed by atoms with E-state index >= 15 is 0 Å². The van der Waals surface area contributed by atoms with E-state index in [0.29, 0.717) is 17.4 Å². The fraction of sp³-hybridized carbons (Fsp3) is 0.591. The molecule has 132 valence electrons. The van der Waals surface area contributed by atoms with Gasteiger partial charge in [-0.15, -0.1) is 0 Å². The number of aromatic nitrogens is 2. The third-order valence-corrected chi connectivity index (χ3v) is 7.93. The van der Waals surface area contributed by atoms with Crippen LogP contribution in [-0.4, -0.2) is 15.6 Å². The molecule has 2 N–H and O–H groups in total. The van der Waals surface area contributed by atoms with Gasteiger partial charge >= 0.3 is 0 Å². The first kappa shape index (κ1) is 15.6. The second kappa shape index (κ2) is 5.20. The maximum Gasteiger partial charge on any atom is 0.0989 e. The second-order valence-corrected chi connectivity index (χ2v) is 9.11. The van der Waals surface area contributed by atoms with E-state index in [-0.39, 0.29) is 5.41 Å². The molecule has 3 nitrogen and oxygen atoms in total. The van der Waals surface area contributed by atoms with Gasteiger partial charge in [0, 0.05) is 29.5 Å². The zero-order valence-corrected chi connectivity index (χ0v) is 15.4. The Kier molecular flexibility index (Phi) is 3.25. The molecule has 5 atom stereocenters. The van der Waals surface area contributed by atoms with Gasteiger partial charge in [0.1, 0.15) is 0 Å². The molecule has 0 amide bonds. The Labute approximate surface area is 150 Å². The van der Waals surface area contributed by atoms with Crippen LogP contribution in [0.5, 0.6) is 0 Å². The van der Waals surface area contributed by atoms with Crippen LogP contribution in [0.4, 0.5) is 0 Å². The molecule has 3 unspecified atom stereocenters. The van der Waals surface area contributed by atoms with E-state index in [1.807, 2.05) is 12.5 Å². The third kappa shape index (κ3) is 2.05. The molecule has 1 aromatic heterocycles. The van der Waals surface area contributed by atoms with Crippen molar-refractivity contribution < 1.29 is 0 Å². The first-order valence-corrected chi connectivity index (χ1v) is 9.89. The first-order chi connectivity index (χ1) is 12.0. The predicted molar refractivity (Wildman–Crippen MR) is 102 cm³/mol. The Balaban J connectivity index is 1.50. The zero-order chi connectivity index (χ0) is 17.2. The van der Waals surface area contributed by atoms with E-state index < -0.39 is 0 Å². The monoisotopic (exact) mass is 335 g/mol. The lowest BCUT2D eigenvalue weighted by Crippen LogP contribution is -2.48. The molecular weight excluding hydrogens is 306 g/mol.